The minimum Gasteiger partial charge on any atom is -0.479 e. The van der Waals surface area contributed by atoms with Gasteiger partial charge in [0.05, 0.1) is 5.69 Å². The molecule has 0 spiro atoms. The van der Waals surface area contributed by atoms with Crippen molar-refractivity contribution < 1.29 is 9.53 Å². The van der Waals surface area contributed by atoms with Crippen molar-refractivity contribution in [2.45, 2.75) is 58.6 Å². The quantitative estimate of drug-likeness (QED) is 0.817. The fourth-order valence-electron chi connectivity index (χ4n) is 2.64. The second kappa shape index (κ2) is 6.94. The molecule has 2 unspecified atom stereocenters. The first kappa shape index (κ1) is 15.8. The number of nitrogens with two attached hydrogens (primary N) is 1. The number of ether oxygens (including phenoxy) is 1. The standard InChI is InChI=1S/C17H26N2O2/c1-4-6-7-10-19-15-11-13(14(18)5-2)8-9-16(15)21-12(3)17(19)20/h8-9,11-12,14H,4-7,10,18H2,1-3H3. The van der Waals surface area contributed by atoms with Crippen molar-refractivity contribution in [1.29, 1.82) is 0 Å². The lowest BCUT2D eigenvalue weighted by molar-refractivity contribution is -0.125. The number of benzene rings is 1. The van der Waals surface area contributed by atoms with Crippen LogP contribution in [0.5, 0.6) is 5.75 Å². The lowest BCUT2D eigenvalue weighted by Gasteiger charge is -2.33. The number of carbonyl (C=O) groups excluding carboxylic acids is 1. The molecule has 2 atom stereocenters. The van der Waals surface area contributed by atoms with Gasteiger partial charge in [0.1, 0.15) is 5.75 Å². The number of nitrogens with zero attached hydrogens (tertiary/aromatic N) is 1. The summed E-state index contributed by atoms with van der Waals surface area (Å²) in [6.07, 6.45) is 3.74. The Morgan fingerprint density at radius 1 is 1.33 bits per heavy atom. The Balaban J connectivity index is 2.30. The van der Waals surface area contributed by atoms with Gasteiger partial charge in [-0.25, -0.2) is 0 Å². The molecule has 0 saturated carbocycles. The number of rotatable bonds is 6. The fraction of sp³-hybridized carbons (Fsp3) is 0.588. The average Bonchev–Trinajstić information content (AvgIpc) is 2.50. The van der Waals surface area contributed by atoms with Gasteiger partial charge in [0.25, 0.3) is 5.91 Å². The molecule has 0 aliphatic carbocycles. The summed E-state index contributed by atoms with van der Waals surface area (Å²) in [5, 5.41) is 0. The second-order valence-corrected chi connectivity index (χ2v) is 5.70. The average molecular weight is 290 g/mol. The van der Waals surface area contributed by atoms with E-state index in [4.69, 9.17) is 10.5 Å². The molecule has 1 heterocycles. The van der Waals surface area contributed by atoms with Gasteiger partial charge in [0.15, 0.2) is 6.10 Å². The highest BCUT2D eigenvalue weighted by atomic mass is 16.5. The largest absolute Gasteiger partial charge is 0.479 e. The molecule has 0 radical (unpaired) electrons. The molecule has 1 aliphatic rings. The van der Waals surface area contributed by atoms with Gasteiger partial charge in [-0.3, -0.25) is 4.79 Å². The lowest BCUT2D eigenvalue weighted by Crippen LogP contribution is -2.45. The van der Waals surface area contributed by atoms with Crippen LogP contribution >= 0.6 is 0 Å². The normalized spacial score (nSPS) is 19.1. The van der Waals surface area contributed by atoms with E-state index in [-0.39, 0.29) is 11.9 Å². The van der Waals surface area contributed by atoms with E-state index in [1.165, 1.54) is 0 Å². The minimum atomic E-state index is -0.412. The summed E-state index contributed by atoms with van der Waals surface area (Å²) >= 11 is 0. The summed E-state index contributed by atoms with van der Waals surface area (Å²) in [5.41, 5.74) is 8.04. The summed E-state index contributed by atoms with van der Waals surface area (Å²) in [4.78, 5) is 14.3. The van der Waals surface area contributed by atoms with E-state index < -0.39 is 6.10 Å². The van der Waals surface area contributed by atoms with Crippen LogP contribution in [0.1, 0.15) is 58.1 Å². The summed E-state index contributed by atoms with van der Waals surface area (Å²) in [5.74, 6) is 0.825. The van der Waals surface area contributed by atoms with Crippen LogP contribution in [0.15, 0.2) is 18.2 Å². The number of amides is 1. The van der Waals surface area contributed by atoms with Crippen LogP contribution in [0.25, 0.3) is 0 Å². The summed E-state index contributed by atoms with van der Waals surface area (Å²) in [6.45, 7) is 6.78. The highest BCUT2D eigenvalue weighted by molar-refractivity contribution is 5.99. The third kappa shape index (κ3) is 3.38. The van der Waals surface area contributed by atoms with Crippen LogP contribution in [0.2, 0.25) is 0 Å². The summed E-state index contributed by atoms with van der Waals surface area (Å²) in [7, 11) is 0. The smallest absolute Gasteiger partial charge is 0.267 e. The number of unbranched alkanes of at least 4 members (excludes halogenated alkanes) is 2. The molecule has 0 fully saturated rings. The molecule has 1 amide bonds. The van der Waals surface area contributed by atoms with Gasteiger partial charge in [-0.05, 0) is 37.5 Å². The first-order chi connectivity index (χ1) is 10.1. The molecular weight excluding hydrogens is 264 g/mol. The lowest BCUT2D eigenvalue weighted by atomic mass is 10.0. The fourth-order valence-corrected chi connectivity index (χ4v) is 2.64. The monoisotopic (exact) mass is 290 g/mol. The SMILES string of the molecule is CCCCCN1C(=O)C(C)Oc2ccc(C(N)CC)cc21. The maximum absolute atomic E-state index is 12.4. The molecule has 116 valence electrons. The van der Waals surface area contributed by atoms with Crippen molar-refractivity contribution in [3.8, 4) is 5.75 Å². The van der Waals surface area contributed by atoms with Crippen molar-refractivity contribution in [2.75, 3.05) is 11.4 Å². The number of carbonyl (C=O) groups is 1. The van der Waals surface area contributed by atoms with E-state index in [0.29, 0.717) is 0 Å². The van der Waals surface area contributed by atoms with Crippen LogP contribution in [0.4, 0.5) is 5.69 Å². The summed E-state index contributed by atoms with van der Waals surface area (Å²) < 4.78 is 5.72. The van der Waals surface area contributed by atoms with Gasteiger partial charge in [-0.15, -0.1) is 0 Å². The zero-order chi connectivity index (χ0) is 15.4. The number of hydrogen-bond acceptors (Lipinski definition) is 3. The maximum Gasteiger partial charge on any atom is 0.267 e. The zero-order valence-electron chi connectivity index (χ0n) is 13.3. The molecule has 0 aromatic heterocycles. The molecule has 2 rings (SSSR count). The highest BCUT2D eigenvalue weighted by Gasteiger charge is 2.31. The number of fused-ring (bicyclic) bond motifs is 1. The third-order valence-electron chi connectivity index (χ3n) is 4.04. The van der Waals surface area contributed by atoms with Gasteiger partial charge in [-0.1, -0.05) is 32.8 Å². The molecule has 1 aliphatic heterocycles. The Morgan fingerprint density at radius 3 is 2.76 bits per heavy atom. The predicted molar refractivity (Wildman–Crippen MR) is 85.6 cm³/mol. The third-order valence-corrected chi connectivity index (χ3v) is 4.04. The van der Waals surface area contributed by atoms with Crippen LogP contribution in [0.3, 0.4) is 0 Å². The second-order valence-electron chi connectivity index (χ2n) is 5.70. The van der Waals surface area contributed by atoms with E-state index in [2.05, 4.69) is 13.8 Å². The first-order valence-electron chi connectivity index (χ1n) is 7.96. The van der Waals surface area contributed by atoms with Crippen molar-refractivity contribution in [3.05, 3.63) is 23.8 Å². The number of anilines is 1. The highest BCUT2D eigenvalue weighted by Crippen LogP contribution is 2.36. The Kier molecular flexibility index (Phi) is 5.23. The van der Waals surface area contributed by atoms with Crippen molar-refractivity contribution in [2.24, 2.45) is 5.73 Å². The Bertz CT molecular complexity index is 502. The van der Waals surface area contributed by atoms with Gasteiger partial charge < -0.3 is 15.4 Å². The summed E-state index contributed by atoms with van der Waals surface area (Å²) in [6, 6.07) is 5.96. The van der Waals surface area contributed by atoms with Gasteiger partial charge >= 0.3 is 0 Å². The topological polar surface area (TPSA) is 55.6 Å². The molecule has 4 nitrogen and oxygen atoms in total. The van der Waals surface area contributed by atoms with E-state index in [1.54, 1.807) is 0 Å². The van der Waals surface area contributed by atoms with Gasteiger partial charge in [0, 0.05) is 12.6 Å². The van der Waals surface area contributed by atoms with Crippen molar-refractivity contribution in [1.82, 2.24) is 0 Å². The first-order valence-corrected chi connectivity index (χ1v) is 7.96. The van der Waals surface area contributed by atoms with Crippen LogP contribution < -0.4 is 15.4 Å². The van der Waals surface area contributed by atoms with Crippen molar-refractivity contribution in [3.63, 3.8) is 0 Å². The van der Waals surface area contributed by atoms with Crippen LogP contribution in [-0.2, 0) is 4.79 Å². The molecule has 4 heteroatoms. The van der Waals surface area contributed by atoms with Gasteiger partial charge in [-0.2, -0.15) is 0 Å². The van der Waals surface area contributed by atoms with Gasteiger partial charge in [0.2, 0.25) is 0 Å². The van der Waals surface area contributed by atoms with Crippen LogP contribution in [0, 0.1) is 0 Å². The minimum absolute atomic E-state index is 0.00208. The molecule has 21 heavy (non-hydrogen) atoms. The Labute approximate surface area is 127 Å². The van der Waals surface area contributed by atoms with E-state index >= 15 is 0 Å². The van der Waals surface area contributed by atoms with Crippen LogP contribution in [-0.4, -0.2) is 18.6 Å². The zero-order valence-corrected chi connectivity index (χ0v) is 13.3. The maximum atomic E-state index is 12.4. The molecule has 0 saturated heterocycles. The van der Waals surface area contributed by atoms with Crippen molar-refractivity contribution >= 4 is 11.6 Å². The predicted octanol–water partition coefficient (Wildman–Crippen LogP) is 3.40. The molecular formula is C17H26N2O2. The molecule has 2 N–H and O–H groups in total. The molecule has 0 bridgehead atoms. The Morgan fingerprint density at radius 2 is 2.10 bits per heavy atom. The Hall–Kier alpha value is -1.55. The van der Waals surface area contributed by atoms with E-state index in [0.717, 1.165) is 49.2 Å². The van der Waals surface area contributed by atoms with E-state index in [9.17, 15) is 4.79 Å². The molecule has 1 aromatic carbocycles. The molecule has 1 aromatic rings. The van der Waals surface area contributed by atoms with E-state index in [1.807, 2.05) is 30.0 Å². The number of hydrogen-bond donors (Lipinski definition) is 1.